The second-order valence-electron chi connectivity index (χ2n) is 6.48. The van der Waals surface area contributed by atoms with Gasteiger partial charge in [0.25, 0.3) is 0 Å². The minimum absolute atomic E-state index is 0.0208. The number of piperazine rings is 1. The van der Waals surface area contributed by atoms with Crippen LogP contribution in [-0.4, -0.2) is 107 Å². The number of rotatable bonds is 8. The summed E-state index contributed by atoms with van der Waals surface area (Å²) in [5, 5.41) is 6.83. The van der Waals surface area contributed by atoms with E-state index in [1.54, 1.807) is 27.3 Å². The molecule has 0 aliphatic carbocycles. The number of sulfonamides is 1. The Morgan fingerprint density at radius 3 is 2.64 bits per heavy atom. The monoisotopic (exact) mass is 416 g/mol. The second kappa shape index (κ2) is 10.4. The van der Waals surface area contributed by atoms with Crippen molar-refractivity contribution in [3.8, 4) is 0 Å². The van der Waals surface area contributed by atoms with Crippen LogP contribution < -0.4 is 5.32 Å². The Balaban J connectivity index is 1.97. The predicted molar refractivity (Wildman–Crippen MR) is 103 cm³/mol. The summed E-state index contributed by atoms with van der Waals surface area (Å²) in [6.07, 6.45) is 1.35. The van der Waals surface area contributed by atoms with Gasteiger partial charge in [-0.05, 0) is 0 Å². The summed E-state index contributed by atoms with van der Waals surface area (Å²) >= 11 is 0. The van der Waals surface area contributed by atoms with Crippen LogP contribution in [0.3, 0.4) is 0 Å². The van der Waals surface area contributed by atoms with Gasteiger partial charge in [0.15, 0.2) is 5.96 Å². The van der Waals surface area contributed by atoms with Gasteiger partial charge in [-0.2, -0.15) is 4.31 Å². The highest BCUT2D eigenvalue weighted by molar-refractivity contribution is 7.88. The summed E-state index contributed by atoms with van der Waals surface area (Å²) in [6, 6.07) is 1.54. The molecule has 1 aliphatic heterocycles. The number of nitrogens with zero attached hydrogens (tertiary/aromatic N) is 5. The summed E-state index contributed by atoms with van der Waals surface area (Å²) in [5.74, 6) is 0.272. The van der Waals surface area contributed by atoms with E-state index in [9.17, 15) is 13.2 Å². The number of carbonyl (C=O) groups excluding carboxylic acids is 1. The Morgan fingerprint density at radius 2 is 2.07 bits per heavy atom. The molecule has 158 valence electrons. The van der Waals surface area contributed by atoms with E-state index < -0.39 is 10.0 Å². The first kappa shape index (κ1) is 22.1. The van der Waals surface area contributed by atoms with E-state index in [0.717, 1.165) is 0 Å². The van der Waals surface area contributed by atoms with Gasteiger partial charge in [0.2, 0.25) is 15.9 Å². The zero-order chi connectivity index (χ0) is 20.6. The number of aromatic nitrogens is 1. The molecule has 1 aromatic heterocycles. The van der Waals surface area contributed by atoms with E-state index in [1.165, 1.54) is 15.5 Å². The third-order valence-electron chi connectivity index (χ3n) is 4.21. The largest absolute Gasteiger partial charge is 0.383 e. The second-order valence-corrected chi connectivity index (χ2v) is 8.45. The normalized spacial score (nSPS) is 16.2. The summed E-state index contributed by atoms with van der Waals surface area (Å²) in [6.45, 7) is 2.63. The quantitative estimate of drug-likeness (QED) is 0.319. The van der Waals surface area contributed by atoms with Gasteiger partial charge >= 0.3 is 0 Å². The van der Waals surface area contributed by atoms with E-state index in [1.807, 2.05) is 4.90 Å². The van der Waals surface area contributed by atoms with Gasteiger partial charge < -0.3 is 24.4 Å². The van der Waals surface area contributed by atoms with Crippen LogP contribution >= 0.6 is 0 Å². The molecular weight excluding hydrogens is 388 g/mol. The van der Waals surface area contributed by atoms with E-state index in [-0.39, 0.29) is 18.2 Å². The average molecular weight is 417 g/mol. The van der Waals surface area contributed by atoms with Crippen molar-refractivity contribution in [1.29, 1.82) is 0 Å². The molecule has 1 fully saturated rings. The van der Waals surface area contributed by atoms with Gasteiger partial charge in [0, 0.05) is 60.0 Å². The molecule has 1 aromatic rings. The molecule has 28 heavy (non-hydrogen) atoms. The summed E-state index contributed by atoms with van der Waals surface area (Å²) in [5.41, 5.74) is 0.383. The van der Waals surface area contributed by atoms with Crippen molar-refractivity contribution in [3.05, 3.63) is 18.0 Å². The molecular formula is C16H28N6O5S. The first-order valence-corrected chi connectivity index (χ1v) is 10.5. The third-order valence-corrected chi connectivity index (χ3v) is 6.02. The zero-order valence-corrected chi connectivity index (χ0v) is 17.3. The van der Waals surface area contributed by atoms with Crippen molar-refractivity contribution < 1.29 is 22.5 Å². The van der Waals surface area contributed by atoms with Crippen molar-refractivity contribution in [2.45, 2.75) is 5.75 Å². The Hall–Kier alpha value is -2.18. The molecule has 0 atom stereocenters. The molecule has 0 unspecified atom stereocenters. The molecule has 1 N–H and O–H groups in total. The number of hydrogen-bond acceptors (Lipinski definition) is 7. The minimum atomic E-state index is -3.47. The van der Waals surface area contributed by atoms with Crippen LogP contribution in [0.15, 0.2) is 21.8 Å². The first-order valence-electron chi connectivity index (χ1n) is 8.93. The average Bonchev–Trinajstić information content (AvgIpc) is 3.16. The molecule has 0 saturated carbocycles. The number of ether oxygens (including phenoxy) is 1. The van der Waals surface area contributed by atoms with Gasteiger partial charge in [-0.1, -0.05) is 5.16 Å². The third kappa shape index (κ3) is 6.46. The lowest BCUT2D eigenvalue weighted by atomic mass is 10.4. The van der Waals surface area contributed by atoms with Gasteiger partial charge in [0.05, 0.1) is 12.3 Å². The molecule has 1 aliphatic rings. The van der Waals surface area contributed by atoms with Gasteiger partial charge in [-0.3, -0.25) is 4.79 Å². The van der Waals surface area contributed by atoms with Crippen molar-refractivity contribution in [2.75, 3.05) is 67.1 Å². The SMILES string of the molecule is COCCNC(=NCC(=O)N(C)C)N1CCN(S(=O)(=O)Cc2ccon2)CC1. The van der Waals surface area contributed by atoms with Crippen LogP contribution in [0, 0.1) is 0 Å². The maximum atomic E-state index is 12.5. The molecule has 2 rings (SSSR count). The van der Waals surface area contributed by atoms with Crippen molar-refractivity contribution in [3.63, 3.8) is 0 Å². The molecule has 0 bridgehead atoms. The fourth-order valence-corrected chi connectivity index (χ4v) is 4.01. The van der Waals surface area contributed by atoms with Crippen molar-refractivity contribution in [2.24, 2.45) is 4.99 Å². The Labute approximate surface area is 165 Å². The van der Waals surface area contributed by atoms with Crippen LogP contribution in [0.1, 0.15) is 5.69 Å². The summed E-state index contributed by atoms with van der Waals surface area (Å²) < 4.78 is 36.3. The standard InChI is InChI=1S/C16H28N6O5S/c1-20(2)15(23)12-18-16(17-5-11-26-3)21-6-8-22(9-7-21)28(24,25)13-14-4-10-27-19-14/h4,10H,5-9,11-13H2,1-3H3,(H,17,18). The number of amides is 1. The van der Waals surface area contributed by atoms with E-state index in [4.69, 9.17) is 9.26 Å². The van der Waals surface area contributed by atoms with Crippen LogP contribution in [0.2, 0.25) is 0 Å². The van der Waals surface area contributed by atoms with E-state index in [2.05, 4.69) is 15.5 Å². The number of guanidine groups is 1. The molecule has 11 nitrogen and oxygen atoms in total. The summed E-state index contributed by atoms with van der Waals surface area (Å²) in [4.78, 5) is 19.6. The molecule has 1 saturated heterocycles. The lowest BCUT2D eigenvalue weighted by molar-refractivity contribution is -0.127. The molecule has 1 amide bonds. The fourth-order valence-electron chi connectivity index (χ4n) is 2.58. The predicted octanol–water partition coefficient (Wildman–Crippen LogP) is -1.20. The highest BCUT2D eigenvalue weighted by Crippen LogP contribution is 2.13. The molecule has 0 spiro atoms. The lowest BCUT2D eigenvalue weighted by Gasteiger charge is -2.35. The maximum absolute atomic E-state index is 12.5. The fraction of sp³-hybridized carbons (Fsp3) is 0.688. The van der Waals surface area contributed by atoms with Crippen LogP contribution in [-0.2, 0) is 25.3 Å². The molecule has 2 heterocycles. The number of hydrogen-bond donors (Lipinski definition) is 1. The van der Waals surface area contributed by atoms with Crippen LogP contribution in [0.5, 0.6) is 0 Å². The van der Waals surface area contributed by atoms with E-state index in [0.29, 0.717) is 51.0 Å². The number of nitrogens with one attached hydrogen (secondary N) is 1. The van der Waals surface area contributed by atoms with Crippen molar-refractivity contribution >= 4 is 21.9 Å². The maximum Gasteiger partial charge on any atom is 0.243 e. The van der Waals surface area contributed by atoms with Crippen LogP contribution in [0.4, 0.5) is 0 Å². The Bertz CT molecular complexity index is 742. The topological polar surface area (TPSA) is 121 Å². The first-order chi connectivity index (χ1) is 13.3. The highest BCUT2D eigenvalue weighted by Gasteiger charge is 2.29. The van der Waals surface area contributed by atoms with Gasteiger partial charge in [-0.15, -0.1) is 0 Å². The molecule has 0 radical (unpaired) electrons. The number of likely N-dealkylation sites (N-methyl/N-ethyl adjacent to an activating group) is 1. The molecule has 0 aromatic carbocycles. The minimum Gasteiger partial charge on any atom is -0.383 e. The van der Waals surface area contributed by atoms with Crippen LogP contribution in [0.25, 0.3) is 0 Å². The lowest BCUT2D eigenvalue weighted by Crippen LogP contribution is -2.54. The number of carbonyl (C=O) groups is 1. The molecule has 12 heteroatoms. The van der Waals surface area contributed by atoms with Crippen molar-refractivity contribution in [1.82, 2.24) is 24.6 Å². The highest BCUT2D eigenvalue weighted by atomic mass is 32.2. The van der Waals surface area contributed by atoms with Gasteiger partial charge in [0.1, 0.15) is 18.6 Å². The number of methoxy groups -OCH3 is 1. The Kier molecular flexibility index (Phi) is 8.20. The van der Waals surface area contributed by atoms with Gasteiger partial charge in [-0.25, -0.2) is 13.4 Å². The Morgan fingerprint density at radius 1 is 1.36 bits per heavy atom. The zero-order valence-electron chi connectivity index (χ0n) is 16.5. The summed E-state index contributed by atoms with van der Waals surface area (Å²) in [7, 11) is 1.48. The smallest absolute Gasteiger partial charge is 0.243 e. The van der Waals surface area contributed by atoms with E-state index >= 15 is 0 Å². The number of aliphatic imine (C=N–C) groups is 1.